The summed E-state index contributed by atoms with van der Waals surface area (Å²) in [5.74, 6) is 0.463. The lowest BCUT2D eigenvalue weighted by Gasteiger charge is -2.31. The van der Waals surface area contributed by atoms with Crippen molar-refractivity contribution < 1.29 is 14.1 Å². The van der Waals surface area contributed by atoms with Crippen molar-refractivity contribution in [1.29, 1.82) is 0 Å². The van der Waals surface area contributed by atoms with E-state index >= 15 is 0 Å². The average Bonchev–Trinajstić information content (AvgIpc) is 3.36. The molecule has 1 amide bonds. The van der Waals surface area contributed by atoms with Crippen LogP contribution in [0.15, 0.2) is 53.1 Å². The summed E-state index contributed by atoms with van der Waals surface area (Å²) in [6.07, 6.45) is 1.82. The van der Waals surface area contributed by atoms with Crippen LogP contribution in [0.1, 0.15) is 28.9 Å². The summed E-state index contributed by atoms with van der Waals surface area (Å²) in [7, 11) is 0. The molecule has 0 saturated carbocycles. The molecular formula is C20H19ClN2O3S. The highest BCUT2D eigenvalue weighted by Crippen LogP contribution is 2.31. The second kappa shape index (κ2) is 8.25. The molecular weight excluding hydrogens is 384 g/mol. The number of likely N-dealkylation sites (tertiary alicyclic amines) is 1. The molecule has 1 aliphatic rings. The standard InChI is InChI=1S/C20H19ClN2O3S/c21-19-7-6-18(27-19)17-12-16(22-26-17)20(24)23-10-8-15(9-11-23)25-13-14-4-2-1-3-5-14/h1-7,12,15H,8-11,13H2. The van der Waals surface area contributed by atoms with Gasteiger partial charge in [-0.3, -0.25) is 4.79 Å². The zero-order valence-corrected chi connectivity index (χ0v) is 16.2. The molecule has 2 aromatic heterocycles. The van der Waals surface area contributed by atoms with E-state index in [1.54, 1.807) is 12.1 Å². The Labute approximate surface area is 166 Å². The molecule has 1 aromatic carbocycles. The molecule has 7 heteroatoms. The summed E-state index contributed by atoms with van der Waals surface area (Å²) in [4.78, 5) is 15.3. The number of piperidine rings is 1. The SMILES string of the molecule is O=C(c1cc(-c2ccc(Cl)s2)on1)N1CCC(OCc2ccccc2)CC1. The fourth-order valence-corrected chi connectivity index (χ4v) is 4.11. The van der Waals surface area contributed by atoms with Crippen LogP contribution in [0.25, 0.3) is 10.6 Å². The predicted octanol–water partition coefficient (Wildman–Crippen LogP) is 4.88. The van der Waals surface area contributed by atoms with Crippen molar-refractivity contribution in [2.75, 3.05) is 13.1 Å². The molecule has 0 N–H and O–H groups in total. The molecule has 5 nitrogen and oxygen atoms in total. The number of hydrogen-bond acceptors (Lipinski definition) is 5. The monoisotopic (exact) mass is 402 g/mol. The van der Waals surface area contributed by atoms with Crippen LogP contribution in [-0.4, -0.2) is 35.2 Å². The van der Waals surface area contributed by atoms with E-state index in [1.807, 2.05) is 29.2 Å². The maximum atomic E-state index is 12.7. The van der Waals surface area contributed by atoms with Crippen molar-refractivity contribution in [2.24, 2.45) is 0 Å². The minimum absolute atomic E-state index is 0.103. The maximum Gasteiger partial charge on any atom is 0.276 e. The Hall–Kier alpha value is -2.15. The summed E-state index contributed by atoms with van der Waals surface area (Å²) in [6, 6.07) is 15.5. The van der Waals surface area contributed by atoms with Crippen LogP contribution in [0.5, 0.6) is 0 Å². The van der Waals surface area contributed by atoms with Gasteiger partial charge >= 0.3 is 0 Å². The van der Waals surface area contributed by atoms with Crippen LogP contribution in [0.3, 0.4) is 0 Å². The highest BCUT2D eigenvalue weighted by molar-refractivity contribution is 7.19. The molecule has 3 aromatic rings. The number of ether oxygens (including phenoxy) is 1. The Balaban J connectivity index is 1.30. The number of thiophene rings is 1. The van der Waals surface area contributed by atoms with E-state index in [0.717, 1.165) is 17.7 Å². The van der Waals surface area contributed by atoms with Gasteiger partial charge < -0.3 is 14.2 Å². The van der Waals surface area contributed by atoms with E-state index in [1.165, 1.54) is 16.9 Å². The van der Waals surface area contributed by atoms with Crippen LogP contribution in [-0.2, 0) is 11.3 Å². The van der Waals surface area contributed by atoms with Crippen molar-refractivity contribution in [3.8, 4) is 10.6 Å². The van der Waals surface area contributed by atoms with Gasteiger partial charge in [0.25, 0.3) is 5.91 Å². The Morgan fingerprint density at radius 3 is 2.70 bits per heavy atom. The van der Waals surface area contributed by atoms with Gasteiger partial charge in [-0.2, -0.15) is 0 Å². The van der Waals surface area contributed by atoms with Crippen molar-refractivity contribution in [3.05, 3.63) is 64.1 Å². The Morgan fingerprint density at radius 1 is 1.22 bits per heavy atom. The lowest BCUT2D eigenvalue weighted by molar-refractivity contribution is -0.000583. The summed E-state index contributed by atoms with van der Waals surface area (Å²) >= 11 is 7.34. The summed E-state index contributed by atoms with van der Waals surface area (Å²) in [5, 5.41) is 3.94. The lowest BCUT2D eigenvalue weighted by Crippen LogP contribution is -2.41. The smallest absolute Gasteiger partial charge is 0.276 e. The number of amides is 1. The van der Waals surface area contributed by atoms with E-state index in [4.69, 9.17) is 20.9 Å². The van der Waals surface area contributed by atoms with E-state index in [9.17, 15) is 4.79 Å². The molecule has 4 rings (SSSR count). The van der Waals surface area contributed by atoms with Crippen LogP contribution in [0.2, 0.25) is 4.34 Å². The number of hydrogen-bond donors (Lipinski definition) is 0. The molecule has 0 unspecified atom stereocenters. The van der Waals surface area contributed by atoms with Crippen molar-refractivity contribution >= 4 is 28.8 Å². The Morgan fingerprint density at radius 2 is 2.00 bits per heavy atom. The van der Waals surface area contributed by atoms with E-state index < -0.39 is 0 Å². The van der Waals surface area contributed by atoms with Crippen molar-refractivity contribution in [2.45, 2.75) is 25.6 Å². The topological polar surface area (TPSA) is 55.6 Å². The fourth-order valence-electron chi connectivity index (χ4n) is 3.11. The van der Waals surface area contributed by atoms with Gasteiger partial charge in [0.15, 0.2) is 11.5 Å². The van der Waals surface area contributed by atoms with E-state index in [-0.39, 0.29) is 12.0 Å². The molecule has 0 radical (unpaired) electrons. The summed E-state index contributed by atoms with van der Waals surface area (Å²) in [6.45, 7) is 1.92. The molecule has 1 aliphatic heterocycles. The van der Waals surface area contributed by atoms with Gasteiger partial charge in [-0.15, -0.1) is 11.3 Å². The van der Waals surface area contributed by atoms with Crippen LogP contribution < -0.4 is 0 Å². The van der Waals surface area contributed by atoms with Gasteiger partial charge in [0.05, 0.1) is 21.9 Å². The van der Waals surface area contributed by atoms with Gasteiger partial charge in [0.2, 0.25) is 0 Å². The van der Waals surface area contributed by atoms with Gasteiger partial charge in [-0.1, -0.05) is 47.1 Å². The molecule has 0 atom stereocenters. The maximum absolute atomic E-state index is 12.7. The molecule has 140 valence electrons. The second-order valence-corrected chi connectivity index (χ2v) is 8.18. The minimum Gasteiger partial charge on any atom is -0.373 e. The van der Waals surface area contributed by atoms with Crippen LogP contribution in [0.4, 0.5) is 0 Å². The third-order valence-corrected chi connectivity index (χ3v) is 5.85. The first-order valence-corrected chi connectivity index (χ1v) is 10.1. The molecule has 1 saturated heterocycles. The Bertz CT molecular complexity index is 901. The normalized spacial score (nSPS) is 15.2. The van der Waals surface area contributed by atoms with Gasteiger partial charge in [0, 0.05) is 19.2 Å². The second-order valence-electron chi connectivity index (χ2n) is 6.47. The number of carbonyl (C=O) groups excluding carboxylic acids is 1. The number of rotatable bonds is 5. The van der Waals surface area contributed by atoms with Gasteiger partial charge in [0.1, 0.15) is 0 Å². The first kappa shape index (κ1) is 18.2. The largest absolute Gasteiger partial charge is 0.373 e. The molecule has 3 heterocycles. The predicted molar refractivity (Wildman–Crippen MR) is 105 cm³/mol. The molecule has 0 spiro atoms. The first-order chi connectivity index (χ1) is 13.2. The molecule has 27 heavy (non-hydrogen) atoms. The fraction of sp³-hybridized carbons (Fsp3) is 0.300. The molecule has 1 fully saturated rings. The highest BCUT2D eigenvalue weighted by atomic mass is 35.5. The van der Waals surface area contributed by atoms with Crippen LogP contribution in [0, 0.1) is 0 Å². The quantitative estimate of drug-likeness (QED) is 0.610. The van der Waals surface area contributed by atoms with E-state index in [2.05, 4.69) is 17.3 Å². The first-order valence-electron chi connectivity index (χ1n) is 8.86. The lowest BCUT2D eigenvalue weighted by atomic mass is 10.1. The number of halogens is 1. The zero-order valence-electron chi connectivity index (χ0n) is 14.6. The third-order valence-electron chi connectivity index (χ3n) is 4.60. The van der Waals surface area contributed by atoms with Crippen molar-refractivity contribution in [3.63, 3.8) is 0 Å². The van der Waals surface area contributed by atoms with Crippen molar-refractivity contribution in [1.82, 2.24) is 10.1 Å². The average molecular weight is 403 g/mol. The van der Waals surface area contributed by atoms with Gasteiger partial charge in [-0.05, 0) is 30.5 Å². The van der Waals surface area contributed by atoms with Crippen LogP contribution >= 0.6 is 22.9 Å². The zero-order chi connectivity index (χ0) is 18.6. The molecule has 0 bridgehead atoms. The summed E-state index contributed by atoms with van der Waals surface area (Å²) < 4.78 is 12.0. The van der Waals surface area contributed by atoms with Gasteiger partial charge in [-0.25, -0.2) is 0 Å². The number of carbonyl (C=O) groups is 1. The Kier molecular flexibility index (Phi) is 5.57. The third kappa shape index (κ3) is 4.40. The minimum atomic E-state index is -0.103. The summed E-state index contributed by atoms with van der Waals surface area (Å²) in [5.41, 5.74) is 1.50. The number of benzene rings is 1. The number of aromatic nitrogens is 1. The van der Waals surface area contributed by atoms with E-state index in [0.29, 0.717) is 35.5 Å². The number of nitrogens with zero attached hydrogens (tertiary/aromatic N) is 2. The highest BCUT2D eigenvalue weighted by Gasteiger charge is 2.26. The molecule has 0 aliphatic carbocycles.